The molecule has 5 aromatic rings. The number of hydrogen-bond acceptors (Lipinski definition) is 9. The number of carbonyl (C=O) groups is 6. The lowest BCUT2D eigenvalue weighted by molar-refractivity contribution is -0.137. The van der Waals surface area contributed by atoms with Crippen LogP contribution in [0.1, 0.15) is 86.6 Å². The van der Waals surface area contributed by atoms with Crippen molar-refractivity contribution in [1.29, 1.82) is 0 Å². The fourth-order valence-corrected chi connectivity index (χ4v) is 9.22. The highest BCUT2D eigenvalue weighted by Crippen LogP contribution is 2.35. The Morgan fingerprint density at radius 3 is 2.20 bits per heavy atom. The highest BCUT2D eigenvalue weighted by atomic mass is 16.2. The first kappa shape index (κ1) is 38.8. The minimum atomic E-state index is -1.00. The number of carbonyl (C=O) groups excluding carboxylic acids is 6. The number of nitrogens with one attached hydrogen (secondary N) is 2. The fourth-order valence-electron chi connectivity index (χ4n) is 9.22. The molecule has 1 atom stereocenters. The van der Waals surface area contributed by atoms with Gasteiger partial charge in [0.25, 0.3) is 17.7 Å². The molecule has 6 heterocycles. The third-order valence-corrected chi connectivity index (χ3v) is 12.7. The molecule has 0 bridgehead atoms. The van der Waals surface area contributed by atoms with Gasteiger partial charge in [-0.25, -0.2) is 9.97 Å². The molecule has 0 spiro atoms. The van der Waals surface area contributed by atoms with E-state index >= 15 is 0 Å². The van der Waals surface area contributed by atoms with Gasteiger partial charge in [0.2, 0.25) is 17.7 Å². The topological polar surface area (TPSA) is 169 Å². The van der Waals surface area contributed by atoms with Gasteiger partial charge in [0.05, 0.1) is 23.0 Å². The lowest BCUT2D eigenvalue weighted by atomic mass is 9.87. The maximum Gasteiger partial charge on any atom is 0.262 e. The van der Waals surface area contributed by atoms with Gasteiger partial charge in [-0.05, 0) is 85.9 Å². The van der Waals surface area contributed by atoms with E-state index in [1.165, 1.54) is 5.56 Å². The Morgan fingerprint density at radius 1 is 0.783 bits per heavy atom. The second kappa shape index (κ2) is 15.5. The molecule has 0 radical (unpaired) electrons. The van der Waals surface area contributed by atoms with E-state index in [9.17, 15) is 28.8 Å². The molecule has 9 rings (SSSR count). The average molecular weight is 807 g/mol. The summed E-state index contributed by atoms with van der Waals surface area (Å²) >= 11 is 0. The van der Waals surface area contributed by atoms with E-state index in [0.717, 1.165) is 56.9 Å². The van der Waals surface area contributed by atoms with Crippen LogP contribution < -0.4 is 10.2 Å². The molecule has 3 saturated heterocycles. The first-order valence-electron chi connectivity index (χ1n) is 20.6. The Morgan fingerprint density at radius 2 is 1.50 bits per heavy atom. The van der Waals surface area contributed by atoms with E-state index in [0.29, 0.717) is 56.1 Å². The summed E-state index contributed by atoms with van der Waals surface area (Å²) in [5.74, 6) is -1.65. The molecular weight excluding hydrogens is 761 g/mol. The largest absolute Gasteiger partial charge is 0.371 e. The van der Waals surface area contributed by atoms with E-state index < -0.39 is 29.7 Å². The summed E-state index contributed by atoms with van der Waals surface area (Å²) in [6.45, 7) is 4.65. The van der Waals surface area contributed by atoms with Crippen molar-refractivity contribution in [3.63, 3.8) is 0 Å². The molecule has 2 aromatic heterocycles. The van der Waals surface area contributed by atoms with Crippen molar-refractivity contribution in [1.82, 2.24) is 35.0 Å². The smallest absolute Gasteiger partial charge is 0.262 e. The third-order valence-electron chi connectivity index (χ3n) is 12.7. The number of hydrogen-bond donors (Lipinski definition) is 2. The zero-order valence-corrected chi connectivity index (χ0v) is 33.9. The standard InChI is InChI=1S/C46H46N8O6/c1-26-22-31(8-10-33(26)44(58)51(2)3)36-24-47-41-40(36)49-37(25-48-41)29-6-4-27(5-7-29)28-14-20-53(21-15-28)43(57)30-16-18-52(19-17-30)32-9-11-34-35(23-32)46(60)54(45(34)59)38-12-13-39(55)50-42(38)56/h4-11,22-25,28,30,38H,12-21H2,1-3H3,(H,47,48)(H,50,55,56). The number of rotatable bonds is 7. The first-order chi connectivity index (χ1) is 28.9. The number of benzene rings is 3. The monoisotopic (exact) mass is 806 g/mol. The quantitative estimate of drug-likeness (QED) is 0.207. The normalized spacial score (nSPS) is 18.9. The predicted molar refractivity (Wildman–Crippen MR) is 224 cm³/mol. The number of likely N-dealkylation sites (tertiary alicyclic amines) is 1. The Labute approximate surface area is 346 Å². The predicted octanol–water partition coefficient (Wildman–Crippen LogP) is 5.33. The summed E-state index contributed by atoms with van der Waals surface area (Å²) in [5.41, 5.74) is 9.21. The van der Waals surface area contributed by atoms with Crippen molar-refractivity contribution < 1.29 is 28.8 Å². The highest BCUT2D eigenvalue weighted by molar-refractivity contribution is 6.23. The second-order valence-electron chi connectivity index (χ2n) is 16.5. The van der Waals surface area contributed by atoms with Crippen molar-refractivity contribution in [2.75, 3.05) is 45.2 Å². The summed E-state index contributed by atoms with van der Waals surface area (Å²) in [4.78, 5) is 96.5. The molecule has 0 aliphatic carbocycles. The van der Waals surface area contributed by atoms with Crippen LogP contribution in [0.4, 0.5) is 5.69 Å². The van der Waals surface area contributed by atoms with Crippen LogP contribution in [0.2, 0.25) is 0 Å². The Hall–Kier alpha value is -6.70. The molecule has 306 valence electrons. The number of amides is 6. The molecule has 4 aliphatic heterocycles. The van der Waals surface area contributed by atoms with Gasteiger partial charge in [-0.1, -0.05) is 36.4 Å². The van der Waals surface area contributed by atoms with E-state index in [-0.39, 0.29) is 41.7 Å². The maximum atomic E-state index is 13.7. The number of nitrogens with zero attached hydrogens (tertiary/aromatic N) is 6. The van der Waals surface area contributed by atoms with E-state index in [4.69, 9.17) is 4.98 Å². The van der Waals surface area contributed by atoms with Crippen molar-refractivity contribution in [3.05, 3.63) is 101 Å². The SMILES string of the molecule is Cc1cc(-c2c[nH]c3ncc(-c4ccc(C5CCN(C(=O)C6CCN(c7ccc8c(c7)C(=O)N(C7CCC(=O)NC7=O)C8=O)CC6)CC5)cc4)nc23)ccc1C(=O)N(C)C. The molecular formula is C46H46N8O6. The van der Waals surface area contributed by atoms with Gasteiger partial charge in [0.15, 0.2) is 5.65 Å². The van der Waals surface area contributed by atoms with Gasteiger partial charge in [-0.3, -0.25) is 39.0 Å². The number of imide groups is 2. The van der Waals surface area contributed by atoms with E-state index in [2.05, 4.69) is 44.5 Å². The van der Waals surface area contributed by atoms with Crippen molar-refractivity contribution in [2.24, 2.45) is 5.92 Å². The van der Waals surface area contributed by atoms with E-state index in [1.54, 1.807) is 37.3 Å². The summed E-state index contributed by atoms with van der Waals surface area (Å²) < 4.78 is 0. The Balaban J connectivity index is 0.791. The molecule has 14 heteroatoms. The van der Waals surface area contributed by atoms with E-state index in [1.807, 2.05) is 42.3 Å². The molecule has 4 aliphatic rings. The van der Waals surface area contributed by atoms with Crippen LogP contribution in [-0.4, -0.2) is 111 Å². The number of anilines is 1. The van der Waals surface area contributed by atoms with Crippen LogP contribution >= 0.6 is 0 Å². The fraction of sp³-hybridized carbons (Fsp3) is 0.348. The number of fused-ring (bicyclic) bond motifs is 2. The number of aryl methyl sites for hydroxylation is 1. The zero-order valence-electron chi connectivity index (χ0n) is 33.9. The van der Waals surface area contributed by atoms with Crippen LogP contribution in [0.5, 0.6) is 0 Å². The zero-order chi connectivity index (χ0) is 41.8. The highest BCUT2D eigenvalue weighted by Gasteiger charge is 2.45. The maximum absolute atomic E-state index is 13.7. The van der Waals surface area contributed by atoms with Crippen LogP contribution in [0.3, 0.4) is 0 Å². The number of H-pyrrole nitrogens is 1. The van der Waals surface area contributed by atoms with Crippen LogP contribution in [-0.2, 0) is 14.4 Å². The average Bonchev–Trinajstić information content (AvgIpc) is 3.80. The minimum Gasteiger partial charge on any atom is -0.371 e. The van der Waals surface area contributed by atoms with Gasteiger partial charge in [-0.15, -0.1) is 0 Å². The lowest BCUT2D eigenvalue weighted by Crippen LogP contribution is -2.54. The molecule has 3 fully saturated rings. The Kier molecular flexibility index (Phi) is 10.0. The summed E-state index contributed by atoms with van der Waals surface area (Å²) in [7, 11) is 3.50. The molecule has 0 saturated carbocycles. The van der Waals surface area contributed by atoms with Gasteiger partial charge in [-0.2, -0.15) is 0 Å². The van der Waals surface area contributed by atoms with Gasteiger partial charge < -0.3 is 19.7 Å². The van der Waals surface area contributed by atoms with Crippen molar-refractivity contribution in [2.45, 2.75) is 57.4 Å². The van der Waals surface area contributed by atoms with Crippen LogP contribution in [0.15, 0.2) is 73.1 Å². The van der Waals surface area contributed by atoms with Crippen molar-refractivity contribution in [3.8, 4) is 22.4 Å². The summed E-state index contributed by atoms with van der Waals surface area (Å²) in [6.07, 6.45) is 7.03. The molecule has 6 amide bonds. The van der Waals surface area contributed by atoms with Gasteiger partial charge in [0, 0.05) is 81.2 Å². The van der Waals surface area contributed by atoms with Gasteiger partial charge in [0.1, 0.15) is 11.6 Å². The number of piperidine rings is 3. The molecule has 3 aromatic carbocycles. The molecule has 2 N–H and O–H groups in total. The molecule has 60 heavy (non-hydrogen) atoms. The summed E-state index contributed by atoms with van der Waals surface area (Å²) in [5, 5.41) is 2.23. The van der Waals surface area contributed by atoms with Crippen LogP contribution in [0, 0.1) is 12.8 Å². The molecule has 1 unspecified atom stereocenters. The van der Waals surface area contributed by atoms with Crippen molar-refractivity contribution >= 4 is 52.3 Å². The van der Waals surface area contributed by atoms with Crippen LogP contribution in [0.25, 0.3) is 33.5 Å². The molecule has 14 nitrogen and oxygen atoms in total. The van der Waals surface area contributed by atoms with Gasteiger partial charge >= 0.3 is 0 Å². The first-order valence-corrected chi connectivity index (χ1v) is 20.6. The Bertz CT molecular complexity index is 2580. The number of aromatic amines is 1. The summed E-state index contributed by atoms with van der Waals surface area (Å²) in [6, 6.07) is 18.5. The minimum absolute atomic E-state index is 0.0313. The third kappa shape index (κ3) is 6.99. The number of aromatic nitrogens is 3. The second-order valence-corrected chi connectivity index (χ2v) is 16.5. The lowest BCUT2D eigenvalue weighted by Gasteiger charge is -2.38.